The number of likely N-dealkylation sites (tertiary alicyclic amines) is 1. The lowest BCUT2D eigenvalue weighted by Gasteiger charge is -2.29. The van der Waals surface area contributed by atoms with Crippen LogP contribution in [0.2, 0.25) is 0 Å². The van der Waals surface area contributed by atoms with Gasteiger partial charge >= 0.3 is 0 Å². The molecule has 9 nitrogen and oxygen atoms in total. The average molecular weight is 465 g/mol. The number of rotatable bonds is 8. The number of carbonyl (C=O) groups is 3. The van der Waals surface area contributed by atoms with Gasteiger partial charge in [0.2, 0.25) is 17.7 Å². The smallest absolute Gasteiger partial charge is 0.240 e. The number of hydrogen-bond donors (Lipinski definition) is 1. The van der Waals surface area contributed by atoms with Crippen LogP contribution < -0.4 is 9.47 Å². The first-order chi connectivity index (χ1) is 16.3. The third-order valence-corrected chi connectivity index (χ3v) is 6.46. The van der Waals surface area contributed by atoms with Gasteiger partial charge in [0.1, 0.15) is 17.3 Å². The van der Waals surface area contributed by atoms with Crippen molar-refractivity contribution in [1.82, 2.24) is 19.8 Å². The molecule has 1 atom stereocenters. The van der Waals surface area contributed by atoms with Crippen molar-refractivity contribution >= 4 is 28.8 Å². The van der Waals surface area contributed by atoms with Gasteiger partial charge in [0.15, 0.2) is 0 Å². The summed E-state index contributed by atoms with van der Waals surface area (Å²) in [6.07, 6.45) is 0.303. The van der Waals surface area contributed by atoms with Crippen LogP contribution in [-0.2, 0) is 26.2 Å². The van der Waals surface area contributed by atoms with E-state index in [1.165, 1.54) is 14.2 Å². The molecule has 1 aliphatic heterocycles. The summed E-state index contributed by atoms with van der Waals surface area (Å²) in [4.78, 5) is 49.5. The Morgan fingerprint density at radius 2 is 1.94 bits per heavy atom. The van der Waals surface area contributed by atoms with Crippen molar-refractivity contribution < 1.29 is 23.9 Å². The number of nitrogens with one attached hydrogen (secondary N) is 1. The number of fused-ring (bicyclic) bond motifs is 1. The molecule has 34 heavy (non-hydrogen) atoms. The molecule has 1 fully saturated rings. The van der Waals surface area contributed by atoms with E-state index in [0.717, 1.165) is 27.5 Å². The fraction of sp³-hybridized carbons (Fsp3) is 0.360. The number of H-pyrrole nitrogens is 1. The predicted molar refractivity (Wildman–Crippen MR) is 126 cm³/mol. The van der Waals surface area contributed by atoms with E-state index in [4.69, 9.17) is 9.47 Å². The summed E-state index contributed by atoms with van der Waals surface area (Å²) in [5, 5.41) is 0. The van der Waals surface area contributed by atoms with Gasteiger partial charge in [-0.1, -0.05) is 18.2 Å². The van der Waals surface area contributed by atoms with Gasteiger partial charge < -0.3 is 19.4 Å². The van der Waals surface area contributed by atoms with Gasteiger partial charge in [-0.05, 0) is 18.2 Å². The monoisotopic (exact) mass is 464 g/mol. The van der Waals surface area contributed by atoms with Gasteiger partial charge in [-0.3, -0.25) is 19.3 Å². The summed E-state index contributed by atoms with van der Waals surface area (Å²) in [6, 6.07) is 12.6. The molecule has 0 aliphatic carbocycles. The Hall–Kier alpha value is -3.88. The van der Waals surface area contributed by atoms with Crippen LogP contribution in [0.5, 0.6) is 11.5 Å². The number of likely N-dealkylation sites (N-methyl/N-ethyl adjacent to an activating group) is 2. The van der Waals surface area contributed by atoms with Gasteiger partial charge in [0.05, 0.1) is 30.7 Å². The predicted octanol–water partition coefficient (Wildman–Crippen LogP) is 2.30. The zero-order valence-electron chi connectivity index (χ0n) is 19.8. The summed E-state index contributed by atoms with van der Waals surface area (Å²) in [6.45, 7) is 0.399. The number of imidazole rings is 1. The number of hydrogen-bond acceptors (Lipinski definition) is 6. The molecule has 9 heteroatoms. The fourth-order valence-corrected chi connectivity index (χ4v) is 4.45. The second-order valence-electron chi connectivity index (χ2n) is 8.53. The number of aromatic amines is 1. The third kappa shape index (κ3) is 4.09. The number of benzene rings is 2. The molecule has 1 saturated heterocycles. The Labute approximate surface area is 197 Å². The van der Waals surface area contributed by atoms with E-state index in [0.29, 0.717) is 24.3 Å². The van der Waals surface area contributed by atoms with E-state index in [2.05, 4.69) is 9.97 Å². The van der Waals surface area contributed by atoms with Crippen LogP contribution >= 0.6 is 0 Å². The number of imide groups is 1. The molecule has 3 amide bonds. The molecule has 1 aliphatic rings. The van der Waals surface area contributed by atoms with Gasteiger partial charge in [0.25, 0.3) is 0 Å². The van der Waals surface area contributed by atoms with Crippen LogP contribution in [0, 0.1) is 0 Å². The summed E-state index contributed by atoms with van der Waals surface area (Å²) in [5.41, 5.74) is 0.933. The maximum Gasteiger partial charge on any atom is 0.240 e. The highest BCUT2D eigenvalue weighted by molar-refractivity contribution is 6.10. The van der Waals surface area contributed by atoms with Crippen molar-refractivity contribution in [2.75, 3.05) is 34.9 Å². The molecule has 0 spiro atoms. The normalized spacial score (nSPS) is 17.9. The lowest BCUT2D eigenvalue weighted by atomic mass is 9.75. The minimum Gasteiger partial charge on any atom is -0.497 e. The highest BCUT2D eigenvalue weighted by Crippen LogP contribution is 2.43. The number of para-hydroxylation sites is 1. The van der Waals surface area contributed by atoms with E-state index >= 15 is 0 Å². The molecule has 2 aromatic carbocycles. The number of amides is 3. The van der Waals surface area contributed by atoms with Crippen molar-refractivity contribution in [2.24, 2.45) is 0 Å². The van der Waals surface area contributed by atoms with Gasteiger partial charge in [-0.25, -0.2) is 4.98 Å². The number of ether oxygens (including phenoxy) is 2. The number of carbonyl (C=O) groups excluding carboxylic acids is 3. The zero-order valence-corrected chi connectivity index (χ0v) is 19.8. The highest BCUT2D eigenvalue weighted by Gasteiger charge is 2.54. The van der Waals surface area contributed by atoms with Crippen molar-refractivity contribution in [3.05, 3.63) is 53.9 Å². The first-order valence-electron chi connectivity index (χ1n) is 11.0. The Bertz CT molecular complexity index is 1250. The quantitative estimate of drug-likeness (QED) is 0.513. The third-order valence-electron chi connectivity index (χ3n) is 6.46. The minimum absolute atomic E-state index is 0.0757. The second-order valence-corrected chi connectivity index (χ2v) is 8.53. The molecule has 178 valence electrons. The molecule has 1 aromatic heterocycles. The largest absolute Gasteiger partial charge is 0.497 e. The number of aromatic nitrogens is 2. The molecule has 0 unspecified atom stereocenters. The Balaban J connectivity index is 1.53. The van der Waals surface area contributed by atoms with Gasteiger partial charge in [-0.15, -0.1) is 0 Å². The van der Waals surface area contributed by atoms with E-state index < -0.39 is 11.3 Å². The molecule has 1 N–H and O–H groups in total. The first-order valence-corrected chi connectivity index (χ1v) is 11.0. The lowest BCUT2D eigenvalue weighted by molar-refractivity contribution is -0.141. The molecule has 3 aromatic rings. The Kier molecular flexibility index (Phi) is 6.28. The van der Waals surface area contributed by atoms with Gasteiger partial charge in [-0.2, -0.15) is 0 Å². The standard InChI is InChI=1S/C25H28N4O5/c1-28(12-11-21-26-18-10-9-16(33-3)13-19(18)27-21)22(30)14-25(15-23(31)29(2)24(25)32)17-7-5-6-8-20(17)34-4/h5-10,13H,11-12,14-15H2,1-4H3,(H,26,27)/t25-/m0/s1. The molecular weight excluding hydrogens is 436 g/mol. The Morgan fingerprint density at radius 1 is 1.18 bits per heavy atom. The zero-order chi connectivity index (χ0) is 24.5. The summed E-state index contributed by atoms with van der Waals surface area (Å²) in [5.74, 6) is 1.01. The van der Waals surface area contributed by atoms with Crippen molar-refractivity contribution in [3.63, 3.8) is 0 Å². The summed E-state index contributed by atoms with van der Waals surface area (Å²) >= 11 is 0. The Morgan fingerprint density at radius 3 is 2.62 bits per heavy atom. The van der Waals surface area contributed by atoms with Crippen LogP contribution in [0.25, 0.3) is 11.0 Å². The molecule has 0 saturated carbocycles. The molecule has 0 radical (unpaired) electrons. The highest BCUT2D eigenvalue weighted by atomic mass is 16.5. The SMILES string of the molecule is COc1ccc2nc(CCN(C)C(=O)C[C@@]3(c4ccccc4OC)CC(=O)N(C)C3=O)[nH]c2c1. The van der Waals surface area contributed by atoms with E-state index in [-0.39, 0.29) is 24.7 Å². The molecular formula is C25H28N4O5. The summed E-state index contributed by atoms with van der Waals surface area (Å²) < 4.78 is 10.7. The first kappa shape index (κ1) is 23.3. The van der Waals surface area contributed by atoms with E-state index in [1.807, 2.05) is 18.2 Å². The lowest BCUT2D eigenvalue weighted by Crippen LogP contribution is -2.42. The maximum atomic E-state index is 13.3. The van der Waals surface area contributed by atoms with Crippen LogP contribution in [0.3, 0.4) is 0 Å². The van der Waals surface area contributed by atoms with Gasteiger partial charge in [0, 0.05) is 51.5 Å². The topological polar surface area (TPSA) is 105 Å². The second kappa shape index (κ2) is 9.17. The van der Waals surface area contributed by atoms with Crippen molar-refractivity contribution in [1.29, 1.82) is 0 Å². The van der Waals surface area contributed by atoms with Crippen LogP contribution in [0.4, 0.5) is 0 Å². The molecule has 0 bridgehead atoms. The molecule has 4 rings (SSSR count). The fourth-order valence-electron chi connectivity index (χ4n) is 4.45. The van der Waals surface area contributed by atoms with Crippen molar-refractivity contribution in [3.8, 4) is 11.5 Å². The van der Waals surface area contributed by atoms with E-state index in [9.17, 15) is 14.4 Å². The molecule has 2 heterocycles. The van der Waals surface area contributed by atoms with Crippen molar-refractivity contribution in [2.45, 2.75) is 24.7 Å². The van der Waals surface area contributed by atoms with Crippen LogP contribution in [0.1, 0.15) is 24.2 Å². The van der Waals surface area contributed by atoms with E-state index in [1.54, 1.807) is 43.3 Å². The van der Waals surface area contributed by atoms with Crippen LogP contribution in [-0.4, -0.2) is 72.3 Å². The summed E-state index contributed by atoms with van der Waals surface area (Å²) in [7, 11) is 6.26. The maximum absolute atomic E-state index is 13.3. The average Bonchev–Trinajstić information content (AvgIpc) is 3.36. The number of nitrogens with zero attached hydrogens (tertiary/aromatic N) is 3. The minimum atomic E-state index is -1.29. The van der Waals surface area contributed by atoms with Crippen LogP contribution in [0.15, 0.2) is 42.5 Å². The number of methoxy groups -OCH3 is 2.